The molecule has 7 nitrogen and oxygen atoms in total. The summed E-state index contributed by atoms with van der Waals surface area (Å²) in [4.78, 5) is 18.0. The van der Waals surface area contributed by atoms with Crippen LogP contribution in [0.25, 0.3) is 17.0 Å². The summed E-state index contributed by atoms with van der Waals surface area (Å²) < 4.78 is 13.8. The first-order valence-corrected chi connectivity index (χ1v) is 11.8. The van der Waals surface area contributed by atoms with Gasteiger partial charge in [-0.25, -0.2) is 0 Å². The molecule has 1 fully saturated rings. The number of carbonyl (C=O) groups excluding carboxylic acids is 1. The van der Waals surface area contributed by atoms with Crippen LogP contribution in [0.15, 0.2) is 36.2 Å². The Hall–Kier alpha value is -3.29. The van der Waals surface area contributed by atoms with Gasteiger partial charge in [0, 0.05) is 61.9 Å². The number of nitrogens with zero attached hydrogens (tertiary/aromatic N) is 3. The molecule has 0 unspecified atom stereocenters. The van der Waals surface area contributed by atoms with E-state index in [9.17, 15) is 9.90 Å². The molecule has 1 N–H and O–H groups in total. The summed E-state index contributed by atoms with van der Waals surface area (Å²) >= 11 is 0. The maximum atomic E-state index is 13.4. The molecule has 0 spiro atoms. The van der Waals surface area contributed by atoms with Crippen molar-refractivity contribution in [2.75, 3.05) is 40.3 Å². The van der Waals surface area contributed by atoms with Gasteiger partial charge in [0.1, 0.15) is 17.2 Å². The molecule has 1 saturated heterocycles. The maximum absolute atomic E-state index is 13.4. The topological polar surface area (TPSA) is 67.2 Å². The molecular weight excluding hydrogens is 430 g/mol. The highest BCUT2D eigenvalue weighted by Gasteiger charge is 2.34. The van der Waals surface area contributed by atoms with Gasteiger partial charge in [0.25, 0.3) is 0 Å². The van der Waals surface area contributed by atoms with Crippen LogP contribution in [0.2, 0.25) is 0 Å². The zero-order valence-electron chi connectivity index (χ0n) is 20.2. The Morgan fingerprint density at radius 3 is 2.65 bits per heavy atom. The van der Waals surface area contributed by atoms with Crippen LogP contribution in [0.1, 0.15) is 34.0 Å². The van der Waals surface area contributed by atoms with Crippen molar-refractivity contribution in [3.63, 3.8) is 0 Å². The van der Waals surface area contributed by atoms with Crippen LogP contribution in [-0.4, -0.2) is 65.6 Å². The van der Waals surface area contributed by atoms with E-state index in [-0.39, 0.29) is 17.3 Å². The maximum Gasteiger partial charge on any atom is 0.232 e. The number of piperazine rings is 1. The summed E-state index contributed by atoms with van der Waals surface area (Å²) in [6, 6.07) is 7.63. The van der Waals surface area contributed by atoms with E-state index < -0.39 is 0 Å². The lowest BCUT2D eigenvalue weighted by Crippen LogP contribution is -2.43. The number of Topliss-reactive ketones (excluding diaryl/α,β-unsaturated/α-hetero) is 1. The molecule has 0 amide bonds. The molecule has 0 atom stereocenters. The molecule has 34 heavy (non-hydrogen) atoms. The molecule has 0 radical (unpaired) electrons. The lowest BCUT2D eigenvalue weighted by atomic mass is 9.99. The molecule has 0 saturated carbocycles. The molecule has 2 aliphatic heterocycles. The Morgan fingerprint density at radius 1 is 1.18 bits per heavy atom. The van der Waals surface area contributed by atoms with Crippen molar-refractivity contribution in [2.24, 2.45) is 0 Å². The number of hydrogen-bond donors (Lipinski definition) is 1. The number of hydrogen-bond acceptors (Lipinski definition) is 6. The summed E-state index contributed by atoms with van der Waals surface area (Å²) in [5, 5.41) is 11.8. The van der Waals surface area contributed by atoms with Crippen LogP contribution in [0.3, 0.4) is 0 Å². The number of benzene rings is 2. The summed E-state index contributed by atoms with van der Waals surface area (Å²) in [6.45, 7) is 9.07. The van der Waals surface area contributed by atoms with Crippen molar-refractivity contribution in [2.45, 2.75) is 26.9 Å². The van der Waals surface area contributed by atoms with Gasteiger partial charge in [0.05, 0.1) is 18.2 Å². The summed E-state index contributed by atoms with van der Waals surface area (Å²) in [5.41, 5.74) is 3.92. The fourth-order valence-corrected chi connectivity index (χ4v) is 4.91. The highest BCUT2D eigenvalue weighted by atomic mass is 16.5. The number of fused-ring (bicyclic) bond motifs is 2. The average Bonchev–Trinajstić information content (AvgIpc) is 3.35. The van der Waals surface area contributed by atoms with Crippen LogP contribution in [0.4, 0.5) is 0 Å². The van der Waals surface area contributed by atoms with Gasteiger partial charge in [-0.3, -0.25) is 9.69 Å². The first-order chi connectivity index (χ1) is 16.4. The fourth-order valence-electron chi connectivity index (χ4n) is 4.91. The lowest BCUT2D eigenvalue weighted by Gasteiger charge is -2.32. The van der Waals surface area contributed by atoms with Crippen molar-refractivity contribution in [3.05, 3.63) is 58.5 Å². The number of aromatic hydroxyl groups is 1. The molecule has 178 valence electrons. The number of aromatic nitrogens is 1. The Kier molecular flexibility index (Phi) is 5.83. The van der Waals surface area contributed by atoms with E-state index in [4.69, 9.17) is 9.47 Å². The lowest BCUT2D eigenvalue weighted by molar-refractivity contribution is 0.101. The van der Waals surface area contributed by atoms with E-state index in [1.165, 1.54) is 0 Å². The molecular formula is C27H31N3O4. The highest BCUT2D eigenvalue weighted by Crippen LogP contribution is 2.43. The number of ether oxygens (including phenoxy) is 2. The number of carbonyl (C=O) groups is 1. The molecule has 7 heteroatoms. The van der Waals surface area contributed by atoms with E-state index in [0.29, 0.717) is 23.4 Å². The van der Waals surface area contributed by atoms with Crippen molar-refractivity contribution in [3.8, 4) is 17.2 Å². The minimum atomic E-state index is -0.146. The van der Waals surface area contributed by atoms with Crippen molar-refractivity contribution in [1.29, 1.82) is 0 Å². The standard InChI is InChI=1S/C27H31N3O4/c1-5-30-15-18(20-14-19(33-4)6-7-22(20)30)13-24-26(32)25-17(2)12-23(31)21(27(25)34-24)16-29-10-8-28(3)9-11-29/h6-7,12-15,31H,5,8-11,16H2,1-4H3/b24-13-. The summed E-state index contributed by atoms with van der Waals surface area (Å²) in [5.74, 6) is 1.56. The molecule has 2 aliphatic rings. The quantitative estimate of drug-likeness (QED) is 0.579. The monoisotopic (exact) mass is 461 g/mol. The van der Waals surface area contributed by atoms with Gasteiger partial charge in [-0.15, -0.1) is 0 Å². The van der Waals surface area contributed by atoms with Crippen molar-refractivity contribution >= 4 is 22.8 Å². The van der Waals surface area contributed by atoms with Crippen LogP contribution >= 0.6 is 0 Å². The Balaban J connectivity index is 1.54. The van der Waals surface area contributed by atoms with Crippen LogP contribution < -0.4 is 9.47 Å². The van der Waals surface area contributed by atoms with Gasteiger partial charge in [0.2, 0.25) is 5.78 Å². The second-order valence-corrected chi connectivity index (χ2v) is 9.17. The summed E-state index contributed by atoms with van der Waals surface area (Å²) in [6.07, 6.45) is 3.85. The largest absolute Gasteiger partial charge is 0.507 e. The number of rotatable bonds is 5. The predicted molar refractivity (Wildman–Crippen MR) is 133 cm³/mol. The van der Waals surface area contributed by atoms with E-state index in [0.717, 1.165) is 60.5 Å². The Bertz CT molecular complexity index is 1300. The zero-order valence-corrected chi connectivity index (χ0v) is 20.2. The normalized spacial score (nSPS) is 18.0. The van der Waals surface area contributed by atoms with Gasteiger partial charge in [-0.2, -0.15) is 0 Å². The van der Waals surface area contributed by atoms with Crippen LogP contribution in [0, 0.1) is 6.92 Å². The average molecular weight is 462 g/mol. The van der Waals surface area contributed by atoms with Gasteiger partial charge in [-0.05, 0) is 56.8 Å². The first kappa shape index (κ1) is 22.5. The zero-order chi connectivity index (χ0) is 24.0. The SMILES string of the molecule is CCn1cc(/C=C2\Oc3c(CN4CCN(C)CC4)c(O)cc(C)c3C2=O)c2cc(OC)ccc21. The highest BCUT2D eigenvalue weighted by molar-refractivity contribution is 6.16. The minimum Gasteiger partial charge on any atom is -0.507 e. The fraction of sp³-hybridized carbons (Fsp3) is 0.370. The third-order valence-corrected chi connectivity index (χ3v) is 6.94. The number of methoxy groups -OCH3 is 1. The number of phenolic OH excluding ortho intramolecular Hbond substituents is 1. The summed E-state index contributed by atoms with van der Waals surface area (Å²) in [7, 11) is 3.76. The van der Waals surface area contributed by atoms with E-state index in [2.05, 4.69) is 28.3 Å². The van der Waals surface area contributed by atoms with Gasteiger partial charge < -0.3 is 24.0 Å². The molecule has 5 rings (SSSR count). The van der Waals surface area contributed by atoms with Crippen LogP contribution in [-0.2, 0) is 13.1 Å². The Morgan fingerprint density at radius 2 is 1.94 bits per heavy atom. The van der Waals surface area contributed by atoms with Crippen molar-refractivity contribution in [1.82, 2.24) is 14.4 Å². The Labute approximate surface area is 199 Å². The van der Waals surface area contributed by atoms with Crippen molar-refractivity contribution < 1.29 is 19.4 Å². The van der Waals surface area contributed by atoms with Gasteiger partial charge in [-0.1, -0.05) is 0 Å². The predicted octanol–water partition coefficient (Wildman–Crippen LogP) is 4.05. The molecule has 1 aromatic heterocycles. The first-order valence-electron chi connectivity index (χ1n) is 11.8. The molecule has 3 aromatic rings. The van der Waals surface area contributed by atoms with E-state index in [1.54, 1.807) is 13.2 Å². The second-order valence-electron chi connectivity index (χ2n) is 9.17. The van der Waals surface area contributed by atoms with E-state index >= 15 is 0 Å². The number of allylic oxidation sites excluding steroid dienone is 1. The number of ketones is 1. The van der Waals surface area contributed by atoms with E-state index in [1.807, 2.05) is 37.4 Å². The third kappa shape index (κ3) is 3.85. The molecule has 0 aliphatic carbocycles. The second kappa shape index (κ2) is 8.81. The molecule has 2 aromatic carbocycles. The van der Waals surface area contributed by atoms with Crippen LogP contribution in [0.5, 0.6) is 17.2 Å². The number of likely N-dealkylation sites (N-methyl/N-ethyl adjacent to an activating group) is 1. The van der Waals surface area contributed by atoms with Gasteiger partial charge >= 0.3 is 0 Å². The number of aryl methyl sites for hydroxylation is 2. The molecule has 0 bridgehead atoms. The third-order valence-electron chi connectivity index (χ3n) is 6.94. The molecule has 3 heterocycles. The number of phenols is 1. The van der Waals surface area contributed by atoms with Gasteiger partial charge in [0.15, 0.2) is 5.76 Å². The smallest absolute Gasteiger partial charge is 0.232 e. The minimum absolute atomic E-state index is 0.146.